The first-order valence-electron chi connectivity index (χ1n) is 5.60. The van der Waals surface area contributed by atoms with E-state index in [0.29, 0.717) is 0 Å². The Kier molecular flexibility index (Phi) is 3.39. The molecule has 0 N–H and O–H groups in total. The van der Waals surface area contributed by atoms with Gasteiger partial charge in [0.1, 0.15) is 0 Å². The summed E-state index contributed by atoms with van der Waals surface area (Å²) in [5.74, 6) is 0. The molecule has 0 amide bonds. The first-order valence-corrected chi connectivity index (χ1v) is 7.47. The summed E-state index contributed by atoms with van der Waals surface area (Å²) in [4.78, 5) is 0. The van der Waals surface area contributed by atoms with Gasteiger partial charge in [-0.15, -0.1) is 0 Å². The van der Waals surface area contributed by atoms with Crippen LogP contribution in [0.4, 0.5) is 0 Å². The summed E-state index contributed by atoms with van der Waals surface area (Å²) < 4.78 is 2.35. The highest BCUT2D eigenvalue weighted by Gasteiger charge is 2.01. The molecule has 3 aromatic rings. The Bertz CT molecular complexity index is 719. The Morgan fingerprint density at radius 2 is 1.83 bits per heavy atom. The molecule has 3 rings (SSSR count). The van der Waals surface area contributed by atoms with Crippen molar-refractivity contribution in [3.63, 3.8) is 0 Å². The van der Waals surface area contributed by atoms with Gasteiger partial charge in [-0.2, -0.15) is 0 Å². The molecule has 0 saturated carbocycles. The highest BCUT2D eigenvalue weighted by molar-refractivity contribution is 14.1. The molecular formula is C16H9BrI. The molecule has 0 atom stereocenters. The number of rotatable bonds is 1. The third kappa shape index (κ3) is 2.45. The lowest BCUT2D eigenvalue weighted by molar-refractivity contribution is 1.60. The zero-order valence-electron chi connectivity index (χ0n) is 9.45. The standard InChI is InChI=1S/C16H9BrI/c17-15-3-1-2-11(9-15)12-4-5-14-10-16(18)7-6-13(14)8-12/h1-7,9-10H. The molecule has 0 aromatic heterocycles. The molecule has 0 unspecified atom stereocenters. The van der Waals surface area contributed by atoms with Crippen LogP contribution in [-0.4, -0.2) is 0 Å². The maximum atomic E-state index is 3.50. The van der Waals surface area contributed by atoms with Gasteiger partial charge in [0.2, 0.25) is 0 Å². The SMILES string of the molecule is Brc1cccc(-c2[c]c3ccc(I)cc3cc2)c1. The lowest BCUT2D eigenvalue weighted by Crippen LogP contribution is -1.81. The smallest absolute Gasteiger partial charge is 0.0181 e. The highest BCUT2D eigenvalue weighted by atomic mass is 127. The summed E-state index contributed by atoms with van der Waals surface area (Å²) in [7, 11) is 0. The van der Waals surface area contributed by atoms with Crippen molar-refractivity contribution in [2.75, 3.05) is 0 Å². The lowest BCUT2D eigenvalue weighted by atomic mass is 10.0. The second-order valence-electron chi connectivity index (χ2n) is 4.11. The number of hydrogen-bond acceptors (Lipinski definition) is 0. The molecule has 0 saturated heterocycles. The minimum Gasteiger partial charge on any atom is -0.0605 e. The fourth-order valence-electron chi connectivity index (χ4n) is 1.97. The van der Waals surface area contributed by atoms with Gasteiger partial charge in [0, 0.05) is 8.04 Å². The Labute approximate surface area is 128 Å². The van der Waals surface area contributed by atoms with Crippen molar-refractivity contribution >= 4 is 49.3 Å². The van der Waals surface area contributed by atoms with Crippen LogP contribution in [-0.2, 0) is 0 Å². The monoisotopic (exact) mass is 407 g/mol. The normalized spacial score (nSPS) is 10.8. The Morgan fingerprint density at radius 3 is 2.67 bits per heavy atom. The van der Waals surface area contributed by atoms with Crippen LogP contribution < -0.4 is 0 Å². The summed E-state index contributed by atoms with van der Waals surface area (Å²) in [6.07, 6.45) is 0. The van der Waals surface area contributed by atoms with Crippen molar-refractivity contribution in [2.45, 2.75) is 0 Å². The van der Waals surface area contributed by atoms with E-state index >= 15 is 0 Å². The van der Waals surface area contributed by atoms with Gasteiger partial charge in [-0.3, -0.25) is 0 Å². The molecule has 0 aliphatic rings. The number of hydrogen-bond donors (Lipinski definition) is 0. The molecule has 3 aromatic carbocycles. The van der Waals surface area contributed by atoms with Gasteiger partial charge in [0.25, 0.3) is 0 Å². The average molecular weight is 408 g/mol. The van der Waals surface area contributed by atoms with Crippen molar-refractivity contribution in [3.8, 4) is 11.1 Å². The van der Waals surface area contributed by atoms with E-state index in [1.54, 1.807) is 0 Å². The molecule has 87 valence electrons. The second kappa shape index (κ2) is 5.02. The van der Waals surface area contributed by atoms with Crippen molar-refractivity contribution in [2.24, 2.45) is 0 Å². The van der Waals surface area contributed by atoms with Crippen molar-refractivity contribution in [1.29, 1.82) is 0 Å². The molecule has 0 aliphatic carbocycles. The summed E-state index contributed by atoms with van der Waals surface area (Å²) in [6.45, 7) is 0. The van der Waals surface area contributed by atoms with Crippen LogP contribution in [0.25, 0.3) is 21.9 Å². The fraction of sp³-hybridized carbons (Fsp3) is 0. The maximum Gasteiger partial charge on any atom is 0.0181 e. The summed E-state index contributed by atoms with van der Waals surface area (Å²) in [5, 5.41) is 2.40. The van der Waals surface area contributed by atoms with Crippen LogP contribution in [0.3, 0.4) is 0 Å². The predicted octanol–water partition coefficient (Wildman–Crippen LogP) is 5.67. The van der Waals surface area contributed by atoms with Crippen LogP contribution in [0.5, 0.6) is 0 Å². The number of halogens is 2. The van der Waals surface area contributed by atoms with Crippen LogP contribution >= 0.6 is 38.5 Å². The topological polar surface area (TPSA) is 0 Å². The van der Waals surface area contributed by atoms with Crippen LogP contribution in [0, 0.1) is 9.64 Å². The van der Waals surface area contributed by atoms with Gasteiger partial charge in [0.15, 0.2) is 0 Å². The molecule has 18 heavy (non-hydrogen) atoms. The summed E-state index contributed by atoms with van der Waals surface area (Å²) in [6, 6.07) is 22.5. The minimum absolute atomic E-state index is 1.09. The van der Waals surface area contributed by atoms with Crippen molar-refractivity contribution < 1.29 is 0 Å². The molecule has 2 heteroatoms. The minimum atomic E-state index is 1.09. The molecule has 0 spiro atoms. The quantitative estimate of drug-likeness (QED) is 0.455. The van der Waals surface area contributed by atoms with Crippen LogP contribution in [0.2, 0.25) is 0 Å². The van der Waals surface area contributed by atoms with Crippen molar-refractivity contribution in [3.05, 3.63) is 68.7 Å². The number of fused-ring (bicyclic) bond motifs is 1. The molecule has 1 radical (unpaired) electrons. The first kappa shape index (κ1) is 12.2. The summed E-state index contributed by atoms with van der Waals surface area (Å²) >= 11 is 5.84. The predicted molar refractivity (Wildman–Crippen MR) is 88.6 cm³/mol. The Morgan fingerprint density at radius 1 is 0.944 bits per heavy atom. The third-order valence-electron chi connectivity index (χ3n) is 2.85. The first-order chi connectivity index (χ1) is 8.72. The zero-order valence-corrected chi connectivity index (χ0v) is 13.2. The Balaban J connectivity index is 2.16. The van der Waals surface area contributed by atoms with Gasteiger partial charge in [0.05, 0.1) is 0 Å². The lowest BCUT2D eigenvalue weighted by Gasteiger charge is -2.04. The van der Waals surface area contributed by atoms with E-state index in [4.69, 9.17) is 0 Å². The maximum absolute atomic E-state index is 3.50. The molecular weight excluding hydrogens is 399 g/mol. The average Bonchev–Trinajstić information content (AvgIpc) is 2.38. The molecule has 0 heterocycles. The fourth-order valence-corrected chi connectivity index (χ4v) is 2.88. The Hall–Kier alpha value is -0.870. The molecule has 0 fully saturated rings. The van der Waals surface area contributed by atoms with Crippen LogP contribution in [0.1, 0.15) is 0 Å². The van der Waals surface area contributed by atoms with E-state index < -0.39 is 0 Å². The van der Waals surface area contributed by atoms with E-state index in [0.717, 1.165) is 15.4 Å². The van der Waals surface area contributed by atoms with Crippen molar-refractivity contribution in [1.82, 2.24) is 0 Å². The second-order valence-corrected chi connectivity index (χ2v) is 6.28. The van der Waals surface area contributed by atoms with Gasteiger partial charge in [-0.05, 0) is 74.8 Å². The largest absolute Gasteiger partial charge is 0.0605 e. The van der Waals surface area contributed by atoms with Gasteiger partial charge in [-0.1, -0.05) is 46.3 Å². The summed E-state index contributed by atoms with van der Waals surface area (Å²) in [5.41, 5.74) is 2.31. The van der Waals surface area contributed by atoms with E-state index in [9.17, 15) is 0 Å². The highest BCUT2D eigenvalue weighted by Crippen LogP contribution is 2.26. The van der Waals surface area contributed by atoms with E-state index in [1.165, 1.54) is 14.5 Å². The van der Waals surface area contributed by atoms with E-state index in [-0.39, 0.29) is 0 Å². The molecule has 0 nitrogen and oxygen atoms in total. The molecule has 0 bridgehead atoms. The molecule has 0 aliphatic heterocycles. The number of benzene rings is 3. The van der Waals surface area contributed by atoms with E-state index in [1.807, 2.05) is 12.1 Å². The van der Waals surface area contributed by atoms with E-state index in [2.05, 4.69) is 87.1 Å². The van der Waals surface area contributed by atoms with Gasteiger partial charge in [-0.25, -0.2) is 0 Å². The zero-order chi connectivity index (χ0) is 12.5. The van der Waals surface area contributed by atoms with Gasteiger partial charge < -0.3 is 0 Å². The third-order valence-corrected chi connectivity index (χ3v) is 4.01. The van der Waals surface area contributed by atoms with Crippen LogP contribution in [0.15, 0.2) is 59.1 Å². The van der Waals surface area contributed by atoms with Gasteiger partial charge >= 0.3 is 0 Å².